The number of alkyl halides is 3. The van der Waals surface area contributed by atoms with Crippen LogP contribution in [0.1, 0.15) is 15.9 Å². The molecule has 2 aromatic rings. The number of halogens is 4. The van der Waals surface area contributed by atoms with Crippen LogP contribution in [0.4, 0.5) is 17.6 Å². The molecule has 0 aliphatic heterocycles. The molecule has 116 valence electrons. The van der Waals surface area contributed by atoms with Gasteiger partial charge in [-0.1, -0.05) is 0 Å². The Morgan fingerprint density at radius 2 is 1.23 bits per heavy atom. The molecular weight excluding hydrogens is 324 g/mol. The average Bonchev–Trinajstić information content (AvgIpc) is 2.46. The van der Waals surface area contributed by atoms with Gasteiger partial charge in [-0.05, 0) is 48.5 Å². The minimum Gasteiger partial charge on any atom is -0.289 e. The van der Waals surface area contributed by atoms with Gasteiger partial charge < -0.3 is 0 Å². The van der Waals surface area contributed by atoms with E-state index in [0.29, 0.717) is 12.1 Å². The highest BCUT2D eigenvalue weighted by atomic mass is 32.2. The second kappa shape index (κ2) is 5.53. The fourth-order valence-corrected chi connectivity index (χ4v) is 2.45. The maximum Gasteiger partial charge on any atom is 0.501 e. The molecular formula is C14H8F4O3S. The Bertz CT molecular complexity index is 791. The Balaban J connectivity index is 2.33. The summed E-state index contributed by atoms with van der Waals surface area (Å²) in [6.07, 6.45) is 0. The van der Waals surface area contributed by atoms with Crippen LogP contribution in [0.2, 0.25) is 0 Å². The monoisotopic (exact) mass is 332 g/mol. The molecule has 0 fully saturated rings. The first-order chi connectivity index (χ1) is 10.1. The van der Waals surface area contributed by atoms with Crippen LogP contribution in [0, 0.1) is 5.82 Å². The molecule has 0 unspecified atom stereocenters. The van der Waals surface area contributed by atoms with Gasteiger partial charge >= 0.3 is 5.51 Å². The molecule has 0 saturated heterocycles. The number of benzene rings is 2. The van der Waals surface area contributed by atoms with Crippen LogP contribution < -0.4 is 0 Å². The van der Waals surface area contributed by atoms with E-state index >= 15 is 0 Å². The van der Waals surface area contributed by atoms with Crippen LogP contribution in [-0.2, 0) is 9.84 Å². The fourth-order valence-electron chi connectivity index (χ4n) is 1.69. The van der Waals surface area contributed by atoms with Crippen molar-refractivity contribution in [2.75, 3.05) is 0 Å². The van der Waals surface area contributed by atoms with Gasteiger partial charge in [0.1, 0.15) is 5.82 Å². The van der Waals surface area contributed by atoms with Crippen molar-refractivity contribution in [2.24, 2.45) is 0 Å². The Morgan fingerprint density at radius 1 is 0.818 bits per heavy atom. The van der Waals surface area contributed by atoms with Crippen LogP contribution in [0.15, 0.2) is 53.4 Å². The smallest absolute Gasteiger partial charge is 0.289 e. The Kier molecular flexibility index (Phi) is 4.06. The molecule has 2 rings (SSSR count). The van der Waals surface area contributed by atoms with Crippen LogP contribution in [0.25, 0.3) is 0 Å². The molecule has 8 heteroatoms. The minimum absolute atomic E-state index is 0.00673. The van der Waals surface area contributed by atoms with E-state index in [2.05, 4.69) is 0 Å². The van der Waals surface area contributed by atoms with E-state index in [1.165, 1.54) is 12.1 Å². The predicted octanol–water partition coefficient (Wildman–Crippen LogP) is 3.35. The molecule has 0 saturated carbocycles. The molecule has 2 aromatic carbocycles. The number of sulfone groups is 1. The van der Waals surface area contributed by atoms with Gasteiger partial charge in [-0.15, -0.1) is 0 Å². The average molecular weight is 332 g/mol. The first kappa shape index (κ1) is 16.2. The van der Waals surface area contributed by atoms with Gasteiger partial charge in [0.05, 0.1) is 4.90 Å². The van der Waals surface area contributed by atoms with Crippen molar-refractivity contribution >= 4 is 15.6 Å². The summed E-state index contributed by atoms with van der Waals surface area (Å²) in [6, 6.07) is 7.94. The molecule has 0 N–H and O–H groups in total. The molecule has 0 spiro atoms. The molecule has 0 aliphatic carbocycles. The summed E-state index contributed by atoms with van der Waals surface area (Å²) in [5, 5.41) is 0. The zero-order valence-corrected chi connectivity index (χ0v) is 11.6. The van der Waals surface area contributed by atoms with Crippen LogP contribution in [0.5, 0.6) is 0 Å². The van der Waals surface area contributed by atoms with E-state index in [4.69, 9.17) is 0 Å². The van der Waals surface area contributed by atoms with E-state index in [1.807, 2.05) is 0 Å². The lowest BCUT2D eigenvalue weighted by Crippen LogP contribution is -2.23. The van der Waals surface area contributed by atoms with E-state index in [0.717, 1.165) is 24.3 Å². The topological polar surface area (TPSA) is 51.2 Å². The van der Waals surface area contributed by atoms with Crippen molar-refractivity contribution in [3.8, 4) is 0 Å². The second-order valence-corrected chi connectivity index (χ2v) is 6.25. The second-order valence-electron chi connectivity index (χ2n) is 4.31. The highest BCUT2D eigenvalue weighted by molar-refractivity contribution is 7.92. The van der Waals surface area contributed by atoms with E-state index in [9.17, 15) is 30.8 Å². The third-order valence-corrected chi connectivity index (χ3v) is 4.34. The number of hydrogen-bond donors (Lipinski definition) is 0. The van der Waals surface area contributed by atoms with E-state index in [-0.39, 0.29) is 11.1 Å². The first-order valence-electron chi connectivity index (χ1n) is 5.84. The number of ketones is 1. The number of rotatable bonds is 3. The molecule has 0 atom stereocenters. The predicted molar refractivity (Wildman–Crippen MR) is 69.5 cm³/mol. The summed E-state index contributed by atoms with van der Waals surface area (Å²) >= 11 is 0. The zero-order valence-electron chi connectivity index (χ0n) is 10.8. The lowest BCUT2D eigenvalue weighted by atomic mass is 10.0. The van der Waals surface area contributed by atoms with E-state index in [1.54, 1.807) is 0 Å². The summed E-state index contributed by atoms with van der Waals surface area (Å²) in [6.45, 7) is 0. The van der Waals surface area contributed by atoms with Gasteiger partial charge in [-0.3, -0.25) is 4.79 Å². The van der Waals surface area contributed by atoms with Crippen LogP contribution >= 0.6 is 0 Å². The largest absolute Gasteiger partial charge is 0.501 e. The molecule has 0 amide bonds. The van der Waals surface area contributed by atoms with Crippen molar-refractivity contribution < 1.29 is 30.8 Å². The van der Waals surface area contributed by atoms with Crippen molar-refractivity contribution in [1.82, 2.24) is 0 Å². The molecule has 0 radical (unpaired) electrons. The Morgan fingerprint density at radius 3 is 1.64 bits per heavy atom. The van der Waals surface area contributed by atoms with Gasteiger partial charge in [0, 0.05) is 11.1 Å². The summed E-state index contributed by atoms with van der Waals surface area (Å²) in [5.41, 5.74) is -5.28. The SMILES string of the molecule is O=C(c1ccc(F)cc1)c1ccc(S(=O)(=O)C(F)(F)F)cc1. The normalized spacial score (nSPS) is 12.2. The van der Waals surface area contributed by atoms with Crippen LogP contribution in [-0.4, -0.2) is 19.7 Å². The van der Waals surface area contributed by atoms with Gasteiger partial charge in [0.25, 0.3) is 9.84 Å². The first-order valence-corrected chi connectivity index (χ1v) is 7.33. The Labute approximate surface area is 123 Å². The van der Waals surface area contributed by atoms with Crippen molar-refractivity contribution in [3.63, 3.8) is 0 Å². The number of carbonyl (C=O) groups excluding carboxylic acids is 1. The van der Waals surface area contributed by atoms with E-state index < -0.39 is 31.8 Å². The molecule has 0 aliphatic rings. The zero-order chi connectivity index (χ0) is 16.5. The molecule has 0 aromatic heterocycles. The summed E-state index contributed by atoms with van der Waals surface area (Å²) < 4.78 is 72.3. The third-order valence-electron chi connectivity index (χ3n) is 2.84. The van der Waals surface area contributed by atoms with Crippen LogP contribution in [0.3, 0.4) is 0 Å². The van der Waals surface area contributed by atoms with Gasteiger partial charge in [0.15, 0.2) is 5.78 Å². The minimum atomic E-state index is -5.45. The number of carbonyl (C=O) groups is 1. The third kappa shape index (κ3) is 3.01. The fraction of sp³-hybridized carbons (Fsp3) is 0.0714. The van der Waals surface area contributed by atoms with Gasteiger partial charge in [0.2, 0.25) is 0 Å². The standard InChI is InChI=1S/C14H8F4O3S/c15-11-5-1-9(2-6-11)13(19)10-3-7-12(8-4-10)22(20,21)14(16,17)18/h1-8H. The summed E-state index contributed by atoms with van der Waals surface area (Å²) in [7, 11) is -5.45. The highest BCUT2D eigenvalue weighted by Crippen LogP contribution is 2.30. The molecule has 22 heavy (non-hydrogen) atoms. The van der Waals surface area contributed by atoms with Crippen molar-refractivity contribution in [2.45, 2.75) is 10.4 Å². The molecule has 0 heterocycles. The van der Waals surface area contributed by atoms with Crippen molar-refractivity contribution in [1.29, 1.82) is 0 Å². The maximum atomic E-state index is 12.8. The maximum absolute atomic E-state index is 12.8. The molecule has 0 bridgehead atoms. The van der Waals surface area contributed by atoms with Gasteiger partial charge in [-0.25, -0.2) is 12.8 Å². The molecule has 3 nitrogen and oxygen atoms in total. The quantitative estimate of drug-likeness (QED) is 0.640. The van der Waals surface area contributed by atoms with Crippen molar-refractivity contribution in [3.05, 3.63) is 65.5 Å². The highest BCUT2D eigenvalue weighted by Gasteiger charge is 2.46. The summed E-state index contributed by atoms with van der Waals surface area (Å²) in [5.74, 6) is -1.10. The lowest BCUT2D eigenvalue weighted by Gasteiger charge is -2.08. The van der Waals surface area contributed by atoms with Gasteiger partial charge in [-0.2, -0.15) is 13.2 Å². The lowest BCUT2D eigenvalue weighted by molar-refractivity contribution is -0.0436. The number of hydrogen-bond acceptors (Lipinski definition) is 3. The Hall–Kier alpha value is -2.22. The summed E-state index contributed by atoms with van der Waals surface area (Å²) in [4.78, 5) is 11.1.